The summed E-state index contributed by atoms with van der Waals surface area (Å²) in [6, 6.07) is 3.81. The molecule has 2 rings (SSSR count). The van der Waals surface area contributed by atoms with Crippen molar-refractivity contribution in [3.8, 4) is 17.2 Å². The zero-order valence-corrected chi connectivity index (χ0v) is 11.7. The Morgan fingerprint density at radius 3 is 2.68 bits per heavy atom. The normalized spacial score (nSPS) is 13.1. The van der Waals surface area contributed by atoms with Gasteiger partial charge in [0, 0.05) is 25.3 Å². The molecule has 0 aliphatic carbocycles. The molecule has 0 spiro atoms. The van der Waals surface area contributed by atoms with Crippen molar-refractivity contribution in [3.05, 3.63) is 17.7 Å². The SMILES string of the molecule is COCOc1cc2c(cc1CNCC(C)C)OCO2. The maximum Gasteiger partial charge on any atom is 0.231 e. The summed E-state index contributed by atoms with van der Waals surface area (Å²) in [5.74, 6) is 2.87. The molecule has 1 aromatic rings. The third-order valence-electron chi connectivity index (χ3n) is 2.76. The van der Waals surface area contributed by atoms with Crippen LogP contribution < -0.4 is 19.5 Å². The van der Waals surface area contributed by atoms with Crippen molar-refractivity contribution in [1.82, 2.24) is 5.32 Å². The Bertz CT molecular complexity index is 420. The molecule has 1 aliphatic rings. The number of hydrogen-bond acceptors (Lipinski definition) is 5. The Kier molecular flexibility index (Phi) is 4.87. The first-order chi connectivity index (χ1) is 9.20. The second kappa shape index (κ2) is 6.63. The van der Waals surface area contributed by atoms with Gasteiger partial charge in [0.25, 0.3) is 0 Å². The molecule has 0 unspecified atom stereocenters. The Morgan fingerprint density at radius 2 is 2.00 bits per heavy atom. The van der Waals surface area contributed by atoms with Crippen molar-refractivity contribution in [2.75, 3.05) is 27.2 Å². The summed E-state index contributed by atoms with van der Waals surface area (Å²) in [6.45, 7) is 6.52. The maximum absolute atomic E-state index is 5.57. The third kappa shape index (κ3) is 3.75. The minimum atomic E-state index is 0.219. The second-order valence-electron chi connectivity index (χ2n) is 4.89. The Hall–Kier alpha value is -1.46. The van der Waals surface area contributed by atoms with Crippen molar-refractivity contribution in [1.29, 1.82) is 0 Å². The van der Waals surface area contributed by atoms with Gasteiger partial charge >= 0.3 is 0 Å². The molecule has 106 valence electrons. The lowest BCUT2D eigenvalue weighted by Crippen LogP contribution is -2.19. The van der Waals surface area contributed by atoms with Gasteiger partial charge in [-0.25, -0.2) is 0 Å². The van der Waals surface area contributed by atoms with E-state index in [9.17, 15) is 0 Å². The van der Waals surface area contributed by atoms with Gasteiger partial charge in [0.2, 0.25) is 6.79 Å². The van der Waals surface area contributed by atoms with Gasteiger partial charge in [-0.15, -0.1) is 0 Å². The predicted octanol–water partition coefficient (Wildman–Crippen LogP) is 2.14. The van der Waals surface area contributed by atoms with Gasteiger partial charge in [0.1, 0.15) is 5.75 Å². The molecule has 0 atom stereocenters. The molecule has 1 aromatic carbocycles. The summed E-state index contributed by atoms with van der Waals surface area (Å²) in [7, 11) is 1.60. The van der Waals surface area contributed by atoms with Gasteiger partial charge in [-0.3, -0.25) is 0 Å². The van der Waals surface area contributed by atoms with Gasteiger partial charge in [0.05, 0.1) is 0 Å². The first-order valence-corrected chi connectivity index (χ1v) is 6.45. The lowest BCUT2D eigenvalue weighted by molar-refractivity contribution is 0.0502. The first kappa shape index (κ1) is 14.0. The summed E-state index contributed by atoms with van der Waals surface area (Å²) in [5.41, 5.74) is 1.04. The highest BCUT2D eigenvalue weighted by atomic mass is 16.7. The second-order valence-corrected chi connectivity index (χ2v) is 4.89. The Morgan fingerprint density at radius 1 is 1.26 bits per heavy atom. The molecule has 1 aliphatic heterocycles. The molecule has 0 saturated carbocycles. The molecule has 0 amide bonds. The Balaban J connectivity index is 2.09. The van der Waals surface area contributed by atoms with Gasteiger partial charge in [-0.2, -0.15) is 0 Å². The molecule has 0 radical (unpaired) electrons. The molecular formula is C14H21NO4. The van der Waals surface area contributed by atoms with Crippen molar-refractivity contribution in [3.63, 3.8) is 0 Å². The fourth-order valence-corrected chi connectivity index (χ4v) is 1.86. The van der Waals surface area contributed by atoms with Crippen LogP contribution in [0.15, 0.2) is 12.1 Å². The zero-order chi connectivity index (χ0) is 13.7. The van der Waals surface area contributed by atoms with Crippen LogP contribution in [0.2, 0.25) is 0 Å². The fraction of sp³-hybridized carbons (Fsp3) is 0.571. The number of hydrogen-bond donors (Lipinski definition) is 1. The van der Waals surface area contributed by atoms with E-state index in [1.165, 1.54) is 0 Å². The van der Waals surface area contributed by atoms with Crippen molar-refractivity contribution < 1.29 is 18.9 Å². The topological polar surface area (TPSA) is 49.0 Å². The van der Waals surface area contributed by atoms with Gasteiger partial charge in [-0.1, -0.05) is 13.8 Å². The van der Waals surface area contributed by atoms with E-state index in [1.54, 1.807) is 7.11 Å². The van der Waals surface area contributed by atoms with E-state index >= 15 is 0 Å². The van der Waals surface area contributed by atoms with E-state index in [4.69, 9.17) is 18.9 Å². The quantitative estimate of drug-likeness (QED) is 0.767. The Labute approximate surface area is 113 Å². The minimum absolute atomic E-state index is 0.219. The van der Waals surface area contributed by atoms with Crippen LogP contribution in [0.25, 0.3) is 0 Å². The molecule has 19 heavy (non-hydrogen) atoms. The van der Waals surface area contributed by atoms with Gasteiger partial charge in [0.15, 0.2) is 18.3 Å². The van der Waals surface area contributed by atoms with Crippen molar-refractivity contribution in [2.45, 2.75) is 20.4 Å². The van der Waals surface area contributed by atoms with Gasteiger partial charge in [-0.05, 0) is 18.5 Å². The highest BCUT2D eigenvalue weighted by Crippen LogP contribution is 2.38. The molecule has 0 aromatic heterocycles. The largest absolute Gasteiger partial charge is 0.467 e. The molecule has 1 N–H and O–H groups in total. The lowest BCUT2D eigenvalue weighted by atomic mass is 10.1. The summed E-state index contributed by atoms with van der Waals surface area (Å²) >= 11 is 0. The average molecular weight is 267 g/mol. The number of methoxy groups -OCH3 is 1. The lowest BCUT2D eigenvalue weighted by Gasteiger charge is -2.13. The van der Waals surface area contributed by atoms with E-state index in [0.29, 0.717) is 5.92 Å². The molecular weight excluding hydrogens is 246 g/mol. The van der Waals surface area contributed by atoms with Crippen LogP contribution in [0.5, 0.6) is 17.2 Å². The highest BCUT2D eigenvalue weighted by Gasteiger charge is 2.18. The minimum Gasteiger partial charge on any atom is -0.467 e. The van der Waals surface area contributed by atoms with Crippen LogP contribution in [0.1, 0.15) is 19.4 Å². The first-order valence-electron chi connectivity index (χ1n) is 6.45. The smallest absolute Gasteiger partial charge is 0.231 e. The summed E-state index contributed by atoms with van der Waals surface area (Å²) in [5, 5.41) is 3.39. The molecule has 0 fully saturated rings. The highest BCUT2D eigenvalue weighted by molar-refractivity contribution is 5.51. The van der Waals surface area contributed by atoms with Crippen LogP contribution in [0.3, 0.4) is 0 Å². The van der Waals surface area contributed by atoms with Crippen LogP contribution in [0, 0.1) is 5.92 Å². The van der Waals surface area contributed by atoms with Crippen molar-refractivity contribution in [2.24, 2.45) is 5.92 Å². The van der Waals surface area contributed by atoms with E-state index in [0.717, 1.165) is 35.9 Å². The summed E-state index contributed by atoms with van der Waals surface area (Å²) in [4.78, 5) is 0. The summed E-state index contributed by atoms with van der Waals surface area (Å²) in [6.07, 6.45) is 0. The van der Waals surface area contributed by atoms with E-state index in [2.05, 4.69) is 19.2 Å². The van der Waals surface area contributed by atoms with E-state index in [-0.39, 0.29) is 13.6 Å². The molecule has 0 saturated heterocycles. The number of rotatable bonds is 7. The fourth-order valence-electron chi connectivity index (χ4n) is 1.86. The van der Waals surface area contributed by atoms with Crippen LogP contribution in [-0.4, -0.2) is 27.2 Å². The standard InChI is InChI=1S/C14H21NO4/c1-10(2)6-15-7-11-4-13-14(19-9-18-13)5-12(11)17-8-16-3/h4-5,10,15H,6-9H2,1-3H3. The number of benzene rings is 1. The zero-order valence-electron chi connectivity index (χ0n) is 11.7. The molecule has 0 bridgehead atoms. The van der Waals surface area contributed by atoms with E-state index < -0.39 is 0 Å². The number of fused-ring (bicyclic) bond motifs is 1. The van der Waals surface area contributed by atoms with Crippen LogP contribution in [0.4, 0.5) is 0 Å². The van der Waals surface area contributed by atoms with E-state index in [1.807, 2.05) is 12.1 Å². The molecule has 5 heteroatoms. The molecule has 5 nitrogen and oxygen atoms in total. The summed E-state index contributed by atoms with van der Waals surface area (Å²) < 4.78 is 21.3. The third-order valence-corrected chi connectivity index (χ3v) is 2.76. The average Bonchev–Trinajstić information content (AvgIpc) is 2.82. The number of nitrogens with one attached hydrogen (secondary N) is 1. The van der Waals surface area contributed by atoms with Gasteiger partial charge < -0.3 is 24.3 Å². The van der Waals surface area contributed by atoms with Crippen molar-refractivity contribution >= 4 is 0 Å². The molecule has 1 heterocycles. The number of ether oxygens (including phenoxy) is 4. The van der Waals surface area contributed by atoms with Crippen LogP contribution >= 0.6 is 0 Å². The maximum atomic E-state index is 5.57. The monoisotopic (exact) mass is 267 g/mol. The van der Waals surface area contributed by atoms with Crippen LogP contribution in [-0.2, 0) is 11.3 Å². The predicted molar refractivity (Wildman–Crippen MR) is 71.6 cm³/mol.